The number of ether oxygens (including phenoxy) is 2. The number of carbonyl (C=O) groups excluding carboxylic acids is 1. The van der Waals surface area contributed by atoms with Crippen molar-refractivity contribution in [3.8, 4) is 0 Å². The number of nitrogens with one attached hydrogen (secondary N) is 1. The lowest BCUT2D eigenvalue weighted by Crippen LogP contribution is -2.47. The maximum atomic E-state index is 12.1. The van der Waals surface area contributed by atoms with Gasteiger partial charge in [-0.25, -0.2) is 0 Å². The van der Waals surface area contributed by atoms with E-state index in [1.54, 1.807) is 0 Å². The third-order valence-corrected chi connectivity index (χ3v) is 3.35. The maximum Gasteiger partial charge on any atom is 0.251 e. The monoisotopic (exact) mass is 258 g/mol. The Labute approximate surface area is 110 Å². The lowest BCUT2D eigenvalue weighted by atomic mass is 10.0. The molecule has 1 saturated heterocycles. The lowest BCUT2D eigenvalue weighted by Gasteiger charge is -2.33. The highest BCUT2D eigenvalue weighted by Crippen LogP contribution is 2.11. The van der Waals surface area contributed by atoms with E-state index in [0.717, 1.165) is 25.9 Å². The molecule has 18 heavy (non-hydrogen) atoms. The zero-order valence-electron chi connectivity index (χ0n) is 11.8. The number of piperidine rings is 1. The molecule has 1 N–H and O–H groups in total. The molecule has 1 heterocycles. The number of amides is 1. The molecule has 1 amide bonds. The van der Waals surface area contributed by atoms with Crippen molar-refractivity contribution in [2.75, 3.05) is 40.0 Å². The van der Waals surface area contributed by atoms with E-state index < -0.39 is 0 Å². The topological polar surface area (TPSA) is 50.8 Å². The number of hydrogen-bond acceptors (Lipinski definition) is 4. The first-order valence-electron chi connectivity index (χ1n) is 6.83. The molecule has 5 heteroatoms. The molecule has 1 atom stereocenters. The minimum atomic E-state index is -0.384. The van der Waals surface area contributed by atoms with Crippen molar-refractivity contribution in [1.82, 2.24) is 10.2 Å². The number of likely N-dealkylation sites (N-methyl/N-ethyl adjacent to an activating group) is 1. The van der Waals surface area contributed by atoms with Crippen LogP contribution in [0.2, 0.25) is 0 Å². The summed E-state index contributed by atoms with van der Waals surface area (Å²) in [7, 11) is 1.88. The maximum absolute atomic E-state index is 12.1. The predicted molar refractivity (Wildman–Crippen MR) is 70.6 cm³/mol. The van der Waals surface area contributed by atoms with E-state index in [4.69, 9.17) is 9.47 Å². The van der Waals surface area contributed by atoms with Crippen molar-refractivity contribution < 1.29 is 14.3 Å². The van der Waals surface area contributed by atoms with Crippen LogP contribution in [-0.2, 0) is 14.3 Å². The van der Waals surface area contributed by atoms with E-state index in [2.05, 4.69) is 5.32 Å². The molecule has 0 bridgehead atoms. The first-order chi connectivity index (χ1) is 8.66. The van der Waals surface area contributed by atoms with Crippen molar-refractivity contribution >= 4 is 5.91 Å². The second-order valence-corrected chi connectivity index (χ2v) is 4.64. The van der Waals surface area contributed by atoms with Gasteiger partial charge in [0.1, 0.15) is 6.10 Å². The van der Waals surface area contributed by atoms with E-state index in [-0.39, 0.29) is 12.0 Å². The van der Waals surface area contributed by atoms with Crippen molar-refractivity contribution in [1.29, 1.82) is 0 Å². The summed E-state index contributed by atoms with van der Waals surface area (Å²) in [5.74, 6) is 0.0680. The van der Waals surface area contributed by atoms with Gasteiger partial charge in [0.05, 0.1) is 13.2 Å². The second-order valence-electron chi connectivity index (χ2n) is 4.64. The minimum absolute atomic E-state index is 0.0680. The van der Waals surface area contributed by atoms with Crippen LogP contribution in [0.4, 0.5) is 0 Å². The zero-order valence-corrected chi connectivity index (χ0v) is 11.8. The van der Waals surface area contributed by atoms with Crippen molar-refractivity contribution in [3.63, 3.8) is 0 Å². The molecule has 1 aliphatic rings. The molecule has 1 fully saturated rings. The number of rotatable bonds is 7. The summed E-state index contributed by atoms with van der Waals surface area (Å²) in [6.45, 7) is 7.43. The number of hydrogen-bond donors (Lipinski definition) is 1. The molecule has 106 valence electrons. The van der Waals surface area contributed by atoms with Crippen LogP contribution in [0, 0.1) is 0 Å². The molecule has 0 aromatic carbocycles. The van der Waals surface area contributed by atoms with Crippen LogP contribution in [0.15, 0.2) is 0 Å². The Morgan fingerprint density at radius 3 is 2.67 bits per heavy atom. The quantitative estimate of drug-likeness (QED) is 0.681. The third-order valence-electron chi connectivity index (χ3n) is 3.35. The minimum Gasteiger partial charge on any atom is -0.379 e. The SMILES string of the molecule is CCOCCOC(C)C(=O)N(C)C1CCNCC1. The first kappa shape index (κ1) is 15.4. The van der Waals surface area contributed by atoms with Gasteiger partial charge in [0.15, 0.2) is 0 Å². The number of carbonyl (C=O) groups is 1. The summed E-state index contributed by atoms with van der Waals surface area (Å²) >= 11 is 0. The van der Waals surface area contributed by atoms with Crippen LogP contribution in [-0.4, -0.2) is 62.9 Å². The van der Waals surface area contributed by atoms with E-state index in [9.17, 15) is 4.79 Å². The van der Waals surface area contributed by atoms with E-state index in [1.807, 2.05) is 25.8 Å². The van der Waals surface area contributed by atoms with Crippen LogP contribution < -0.4 is 5.32 Å². The summed E-state index contributed by atoms with van der Waals surface area (Å²) < 4.78 is 10.7. The number of nitrogens with zero attached hydrogens (tertiary/aromatic N) is 1. The predicted octanol–water partition coefficient (Wildman–Crippen LogP) is 0.638. The van der Waals surface area contributed by atoms with Crippen LogP contribution in [0.3, 0.4) is 0 Å². The smallest absolute Gasteiger partial charge is 0.251 e. The molecular formula is C13H26N2O3. The summed E-state index contributed by atoms with van der Waals surface area (Å²) in [6.07, 6.45) is 1.66. The molecule has 1 aliphatic heterocycles. The van der Waals surface area contributed by atoms with Gasteiger partial charge in [-0.1, -0.05) is 0 Å². The molecule has 5 nitrogen and oxygen atoms in total. The van der Waals surface area contributed by atoms with Gasteiger partial charge in [-0.2, -0.15) is 0 Å². The molecule has 0 spiro atoms. The van der Waals surface area contributed by atoms with Crippen LogP contribution >= 0.6 is 0 Å². The standard InChI is InChI=1S/C13H26N2O3/c1-4-17-9-10-18-11(2)13(16)15(3)12-5-7-14-8-6-12/h11-12,14H,4-10H2,1-3H3. The van der Waals surface area contributed by atoms with Gasteiger partial charge in [-0.15, -0.1) is 0 Å². The van der Waals surface area contributed by atoms with Gasteiger partial charge in [0.2, 0.25) is 0 Å². The second kappa shape index (κ2) is 8.45. The van der Waals surface area contributed by atoms with Gasteiger partial charge in [0, 0.05) is 19.7 Å². The molecule has 0 aromatic rings. The van der Waals surface area contributed by atoms with Gasteiger partial charge in [0.25, 0.3) is 5.91 Å². The van der Waals surface area contributed by atoms with E-state index in [1.165, 1.54) is 0 Å². The average Bonchev–Trinajstić information content (AvgIpc) is 2.42. The molecular weight excluding hydrogens is 232 g/mol. The first-order valence-corrected chi connectivity index (χ1v) is 6.83. The van der Waals surface area contributed by atoms with Crippen LogP contribution in [0.1, 0.15) is 26.7 Å². The highest BCUT2D eigenvalue weighted by molar-refractivity contribution is 5.80. The molecule has 0 saturated carbocycles. The Morgan fingerprint density at radius 1 is 1.39 bits per heavy atom. The fraction of sp³-hybridized carbons (Fsp3) is 0.923. The van der Waals surface area contributed by atoms with E-state index in [0.29, 0.717) is 25.9 Å². The molecule has 1 unspecified atom stereocenters. The van der Waals surface area contributed by atoms with Gasteiger partial charge < -0.3 is 19.7 Å². The fourth-order valence-corrected chi connectivity index (χ4v) is 2.16. The Bertz CT molecular complexity index is 242. The fourth-order valence-electron chi connectivity index (χ4n) is 2.16. The highest BCUT2D eigenvalue weighted by atomic mass is 16.5. The Hall–Kier alpha value is -0.650. The van der Waals surface area contributed by atoms with Crippen molar-refractivity contribution in [3.05, 3.63) is 0 Å². The lowest BCUT2D eigenvalue weighted by molar-refractivity contribution is -0.144. The van der Waals surface area contributed by atoms with E-state index >= 15 is 0 Å². The third kappa shape index (κ3) is 4.92. The molecule has 0 aliphatic carbocycles. The summed E-state index contributed by atoms with van der Waals surface area (Å²) in [5.41, 5.74) is 0. The van der Waals surface area contributed by atoms with Crippen molar-refractivity contribution in [2.24, 2.45) is 0 Å². The summed E-state index contributed by atoms with van der Waals surface area (Å²) in [6, 6.07) is 0.344. The largest absolute Gasteiger partial charge is 0.379 e. The normalized spacial score (nSPS) is 18.6. The average molecular weight is 258 g/mol. The van der Waals surface area contributed by atoms with Crippen LogP contribution in [0.25, 0.3) is 0 Å². The Balaban J connectivity index is 2.27. The van der Waals surface area contributed by atoms with Gasteiger partial charge >= 0.3 is 0 Å². The van der Waals surface area contributed by atoms with Crippen LogP contribution in [0.5, 0.6) is 0 Å². The molecule has 0 aromatic heterocycles. The summed E-state index contributed by atoms with van der Waals surface area (Å²) in [4.78, 5) is 14.0. The van der Waals surface area contributed by atoms with Gasteiger partial charge in [-0.05, 0) is 39.8 Å². The Kier molecular flexibility index (Phi) is 7.23. The summed E-state index contributed by atoms with van der Waals surface area (Å²) in [5, 5.41) is 3.30. The molecule has 0 radical (unpaired) electrons. The Morgan fingerprint density at radius 2 is 2.06 bits per heavy atom. The molecule has 1 rings (SSSR count). The zero-order chi connectivity index (χ0) is 13.4. The van der Waals surface area contributed by atoms with Crippen molar-refractivity contribution in [2.45, 2.75) is 38.8 Å². The van der Waals surface area contributed by atoms with Gasteiger partial charge in [-0.3, -0.25) is 4.79 Å². The highest BCUT2D eigenvalue weighted by Gasteiger charge is 2.25.